The molecule has 0 aliphatic carbocycles. The molecule has 2 aromatic heterocycles. The Morgan fingerprint density at radius 1 is 0.889 bits per heavy atom. The van der Waals surface area contributed by atoms with E-state index in [0.717, 1.165) is 24.1 Å². The molecule has 0 saturated carbocycles. The second-order valence-electron chi connectivity index (χ2n) is 12.0. The molecule has 2 aliphatic heterocycles. The van der Waals surface area contributed by atoms with Crippen molar-refractivity contribution in [3.63, 3.8) is 0 Å². The van der Waals surface area contributed by atoms with Crippen molar-refractivity contribution in [2.24, 2.45) is 0 Å². The predicted octanol–water partition coefficient (Wildman–Crippen LogP) is 7.59. The number of halogens is 1. The molecule has 2 fully saturated rings. The van der Waals surface area contributed by atoms with E-state index in [1.54, 1.807) is 33.7 Å². The molecule has 0 bridgehead atoms. The fourth-order valence-corrected chi connectivity index (χ4v) is 7.37. The third-order valence-electron chi connectivity index (χ3n) is 8.72. The maximum atomic E-state index is 13.9. The number of nitrogens with zero attached hydrogens (tertiary/aromatic N) is 5. The number of amides is 1. The average Bonchev–Trinajstić information content (AvgIpc) is 3.31. The van der Waals surface area contributed by atoms with Gasteiger partial charge in [0.25, 0.3) is 11.5 Å². The van der Waals surface area contributed by atoms with Crippen molar-refractivity contribution in [2.45, 2.75) is 78.1 Å². The predicted molar refractivity (Wildman–Crippen MR) is 189 cm³/mol. The molecule has 0 atom stereocenters. The Morgan fingerprint density at radius 3 is 2.18 bits per heavy atom. The number of pyridine rings is 1. The van der Waals surface area contributed by atoms with Crippen molar-refractivity contribution in [3.8, 4) is 0 Å². The number of aromatic nitrogens is 2. The van der Waals surface area contributed by atoms with E-state index in [9.17, 15) is 14.0 Å². The number of carbonyl (C=O) groups is 1. The van der Waals surface area contributed by atoms with E-state index in [2.05, 4.69) is 16.7 Å². The number of benzene rings is 1. The van der Waals surface area contributed by atoms with Crippen LogP contribution in [0.1, 0.15) is 82.3 Å². The molecule has 1 aromatic carbocycles. The largest absolute Gasteiger partial charge is 0.368 e. The average molecular weight is 650 g/mol. The van der Waals surface area contributed by atoms with Crippen LogP contribution in [0.2, 0.25) is 0 Å². The number of thiocarbonyl (C=S) groups is 1. The molecule has 45 heavy (non-hydrogen) atoms. The monoisotopic (exact) mass is 649 g/mol. The number of hydrogen-bond donors (Lipinski definition) is 0. The number of thioether (sulfide) groups is 1. The van der Waals surface area contributed by atoms with Gasteiger partial charge in [0, 0.05) is 44.6 Å². The van der Waals surface area contributed by atoms with E-state index in [4.69, 9.17) is 17.2 Å². The standard InChI is InChI=1S/C35H44FN5O2S2/c1-3-4-5-6-7-8-9-10-11-12-19-41-34(43)30(45-35(41)44)25-29-32(37-31-26(2)14-13-20-40(31)33(29)42)39-23-21-38(22-24-39)28-17-15-27(36)16-18-28/h13-18,20,25H,3-12,19,21-24H2,1-2H3. The summed E-state index contributed by atoms with van der Waals surface area (Å²) in [6.45, 7) is 7.44. The summed E-state index contributed by atoms with van der Waals surface area (Å²) in [5.41, 5.74) is 2.65. The highest BCUT2D eigenvalue weighted by atomic mass is 32.2. The van der Waals surface area contributed by atoms with E-state index in [1.807, 2.05) is 19.1 Å². The summed E-state index contributed by atoms with van der Waals surface area (Å²) in [5, 5.41) is 0. The van der Waals surface area contributed by atoms with Crippen LogP contribution in [0.25, 0.3) is 11.7 Å². The van der Waals surface area contributed by atoms with Gasteiger partial charge in [0.1, 0.15) is 21.6 Å². The van der Waals surface area contributed by atoms with Crippen LogP contribution in [0.4, 0.5) is 15.9 Å². The molecule has 10 heteroatoms. The quantitative estimate of drug-likeness (QED) is 0.101. The second kappa shape index (κ2) is 15.9. The highest BCUT2D eigenvalue weighted by Gasteiger charge is 2.33. The summed E-state index contributed by atoms with van der Waals surface area (Å²) in [4.78, 5) is 38.9. The Morgan fingerprint density at radius 2 is 1.51 bits per heavy atom. The minimum atomic E-state index is -0.257. The fraction of sp³-hybridized carbons (Fsp3) is 0.486. The Bertz CT molecular complexity index is 1580. The van der Waals surface area contributed by atoms with Gasteiger partial charge < -0.3 is 9.80 Å². The summed E-state index contributed by atoms with van der Waals surface area (Å²) in [6, 6.07) is 10.3. The number of hydrogen-bond acceptors (Lipinski definition) is 7. The molecule has 7 nitrogen and oxygen atoms in total. The molecule has 0 N–H and O–H groups in total. The SMILES string of the molecule is CCCCCCCCCCCCN1C(=O)C(=Cc2c(N3CCN(c4ccc(F)cc4)CC3)nc3c(C)cccn3c2=O)SC1=S. The van der Waals surface area contributed by atoms with Crippen LogP contribution in [0.5, 0.6) is 0 Å². The van der Waals surface area contributed by atoms with Gasteiger partial charge in [-0.2, -0.15) is 0 Å². The van der Waals surface area contributed by atoms with Crippen molar-refractivity contribution in [1.29, 1.82) is 0 Å². The van der Waals surface area contributed by atoms with Crippen molar-refractivity contribution in [3.05, 3.63) is 74.8 Å². The first-order valence-corrected chi connectivity index (χ1v) is 17.6. The van der Waals surface area contributed by atoms with Crippen LogP contribution >= 0.6 is 24.0 Å². The van der Waals surface area contributed by atoms with Gasteiger partial charge >= 0.3 is 0 Å². The topological polar surface area (TPSA) is 61.2 Å². The molecule has 5 rings (SSSR count). The zero-order valence-corrected chi connectivity index (χ0v) is 28.1. The first-order chi connectivity index (χ1) is 21.9. The number of anilines is 2. The molecule has 4 heterocycles. The fourth-order valence-electron chi connectivity index (χ4n) is 6.08. The molecule has 2 saturated heterocycles. The lowest BCUT2D eigenvalue weighted by Crippen LogP contribution is -2.47. The summed E-state index contributed by atoms with van der Waals surface area (Å²) < 4.78 is 15.6. The Labute approximate surface area is 275 Å². The number of unbranched alkanes of at least 4 members (excludes halogenated alkanes) is 9. The molecule has 240 valence electrons. The van der Waals surface area contributed by atoms with E-state index < -0.39 is 0 Å². The van der Waals surface area contributed by atoms with E-state index in [1.165, 1.54) is 75.3 Å². The molecule has 0 unspecified atom stereocenters. The van der Waals surface area contributed by atoms with Crippen LogP contribution < -0.4 is 15.4 Å². The van der Waals surface area contributed by atoms with Crippen LogP contribution in [-0.2, 0) is 4.79 Å². The molecule has 2 aliphatic rings. The van der Waals surface area contributed by atoms with E-state index in [-0.39, 0.29) is 17.3 Å². The number of rotatable bonds is 14. The van der Waals surface area contributed by atoms with Crippen molar-refractivity contribution >= 4 is 57.4 Å². The molecular formula is C35H44FN5O2S2. The minimum Gasteiger partial charge on any atom is -0.368 e. The lowest BCUT2D eigenvalue weighted by atomic mass is 10.1. The first kappa shape index (κ1) is 33.1. The lowest BCUT2D eigenvalue weighted by Gasteiger charge is -2.37. The van der Waals surface area contributed by atoms with Crippen molar-refractivity contribution in [1.82, 2.24) is 14.3 Å². The molecule has 1 amide bonds. The van der Waals surface area contributed by atoms with Crippen LogP contribution in [0.3, 0.4) is 0 Å². The third-order valence-corrected chi connectivity index (χ3v) is 10.1. The minimum absolute atomic E-state index is 0.137. The van der Waals surface area contributed by atoms with Gasteiger partial charge in [0.2, 0.25) is 0 Å². The van der Waals surface area contributed by atoms with Gasteiger partial charge in [0.05, 0.1) is 10.5 Å². The second-order valence-corrected chi connectivity index (χ2v) is 13.7. The van der Waals surface area contributed by atoms with Crippen LogP contribution in [0, 0.1) is 12.7 Å². The highest BCUT2D eigenvalue weighted by Crippen LogP contribution is 2.34. The zero-order chi connectivity index (χ0) is 31.8. The highest BCUT2D eigenvalue weighted by molar-refractivity contribution is 8.26. The number of piperazine rings is 1. The Balaban J connectivity index is 1.28. The maximum Gasteiger partial charge on any atom is 0.267 e. The third kappa shape index (κ3) is 8.14. The van der Waals surface area contributed by atoms with Gasteiger partial charge in [-0.05, 0) is 55.3 Å². The molecule has 0 radical (unpaired) electrons. The summed E-state index contributed by atoms with van der Waals surface area (Å²) in [7, 11) is 0. The smallest absolute Gasteiger partial charge is 0.267 e. The Hall–Kier alpha value is -3.24. The summed E-state index contributed by atoms with van der Waals surface area (Å²) in [6.07, 6.45) is 15.7. The van der Waals surface area contributed by atoms with Gasteiger partial charge in [-0.3, -0.25) is 18.9 Å². The number of carbonyl (C=O) groups excluding carboxylic acids is 1. The van der Waals surface area contributed by atoms with Gasteiger partial charge in [-0.1, -0.05) is 94.8 Å². The molecule has 0 spiro atoms. The van der Waals surface area contributed by atoms with E-state index in [0.29, 0.717) is 59.0 Å². The van der Waals surface area contributed by atoms with Crippen molar-refractivity contribution < 1.29 is 9.18 Å². The number of fused-ring (bicyclic) bond motifs is 1. The van der Waals surface area contributed by atoms with Gasteiger partial charge in [0.15, 0.2) is 0 Å². The first-order valence-electron chi connectivity index (χ1n) is 16.4. The van der Waals surface area contributed by atoms with E-state index >= 15 is 0 Å². The van der Waals surface area contributed by atoms with Crippen molar-refractivity contribution in [2.75, 3.05) is 42.5 Å². The number of aryl methyl sites for hydroxylation is 1. The summed E-state index contributed by atoms with van der Waals surface area (Å²) in [5.74, 6) is 0.182. The lowest BCUT2D eigenvalue weighted by molar-refractivity contribution is -0.122. The molecular weight excluding hydrogens is 606 g/mol. The van der Waals surface area contributed by atoms with Gasteiger partial charge in [-0.25, -0.2) is 9.37 Å². The van der Waals surface area contributed by atoms with Crippen LogP contribution in [-0.4, -0.2) is 57.2 Å². The summed E-state index contributed by atoms with van der Waals surface area (Å²) >= 11 is 6.89. The Kier molecular flexibility index (Phi) is 11.7. The zero-order valence-electron chi connectivity index (χ0n) is 26.5. The van der Waals surface area contributed by atoms with Gasteiger partial charge in [-0.15, -0.1) is 0 Å². The molecule has 3 aromatic rings. The normalized spacial score (nSPS) is 16.5. The maximum absolute atomic E-state index is 13.9. The van der Waals surface area contributed by atoms with Crippen LogP contribution in [0.15, 0.2) is 52.3 Å².